The van der Waals surface area contributed by atoms with Crippen LogP contribution in [-0.2, 0) is 11.2 Å². The molecule has 2 saturated carbocycles. The van der Waals surface area contributed by atoms with Gasteiger partial charge in [0.15, 0.2) is 0 Å². The van der Waals surface area contributed by atoms with E-state index in [1.807, 2.05) is 0 Å². The lowest BCUT2D eigenvalue weighted by Crippen LogP contribution is -2.42. The van der Waals surface area contributed by atoms with Crippen LogP contribution in [-0.4, -0.2) is 11.4 Å². The second kappa shape index (κ2) is 5.34. The molecule has 4 atom stereocenters. The SMILES string of the molecule is CC(C)(C)Oc1ccc2c(c1)CCC1C2CCC2(C)C(=O)CCC12. The minimum atomic E-state index is -0.150. The molecule has 0 N–H and O–H groups in total. The maximum absolute atomic E-state index is 12.4. The number of hydrogen-bond donors (Lipinski definition) is 0. The molecule has 0 saturated heterocycles. The number of carbonyl (C=O) groups is 1. The topological polar surface area (TPSA) is 26.3 Å². The van der Waals surface area contributed by atoms with Crippen LogP contribution < -0.4 is 4.74 Å². The number of rotatable bonds is 1. The third-order valence-electron chi connectivity index (χ3n) is 6.83. The second-order valence-corrected chi connectivity index (χ2v) is 9.41. The van der Waals surface area contributed by atoms with Gasteiger partial charge in [-0.3, -0.25) is 4.79 Å². The zero-order valence-electron chi connectivity index (χ0n) is 15.5. The van der Waals surface area contributed by atoms with Gasteiger partial charge in [-0.1, -0.05) is 13.0 Å². The Morgan fingerprint density at radius 2 is 1.92 bits per heavy atom. The Kier molecular flexibility index (Phi) is 3.60. The van der Waals surface area contributed by atoms with Crippen LogP contribution in [0.3, 0.4) is 0 Å². The normalized spacial score (nSPS) is 35.2. The van der Waals surface area contributed by atoms with Crippen LogP contribution in [0.5, 0.6) is 5.75 Å². The first-order valence-electron chi connectivity index (χ1n) is 9.63. The molecule has 3 aliphatic rings. The molecule has 0 radical (unpaired) electrons. The van der Waals surface area contributed by atoms with Crippen molar-refractivity contribution in [3.05, 3.63) is 29.3 Å². The molecule has 0 bridgehead atoms. The van der Waals surface area contributed by atoms with E-state index < -0.39 is 0 Å². The number of benzene rings is 1. The lowest BCUT2D eigenvalue weighted by molar-refractivity contribution is -0.129. The smallest absolute Gasteiger partial charge is 0.139 e. The highest BCUT2D eigenvalue weighted by molar-refractivity contribution is 5.87. The Morgan fingerprint density at radius 1 is 1.12 bits per heavy atom. The van der Waals surface area contributed by atoms with Crippen molar-refractivity contribution in [3.8, 4) is 5.75 Å². The van der Waals surface area contributed by atoms with Gasteiger partial charge in [0.05, 0.1) is 0 Å². The third-order valence-corrected chi connectivity index (χ3v) is 6.83. The largest absolute Gasteiger partial charge is 0.488 e. The summed E-state index contributed by atoms with van der Waals surface area (Å²) in [4.78, 5) is 12.4. The van der Waals surface area contributed by atoms with E-state index >= 15 is 0 Å². The van der Waals surface area contributed by atoms with E-state index in [1.165, 1.54) is 24.0 Å². The van der Waals surface area contributed by atoms with E-state index in [4.69, 9.17) is 4.74 Å². The van der Waals surface area contributed by atoms with Crippen molar-refractivity contribution in [3.63, 3.8) is 0 Å². The lowest BCUT2D eigenvalue weighted by atomic mass is 9.55. The van der Waals surface area contributed by atoms with Crippen molar-refractivity contribution in [1.82, 2.24) is 0 Å². The van der Waals surface area contributed by atoms with Crippen molar-refractivity contribution in [2.24, 2.45) is 17.3 Å². The molecule has 0 aliphatic heterocycles. The van der Waals surface area contributed by atoms with Crippen LogP contribution in [0.25, 0.3) is 0 Å². The maximum atomic E-state index is 12.4. The van der Waals surface area contributed by atoms with Gasteiger partial charge in [-0.25, -0.2) is 0 Å². The number of Topliss-reactive ketones (excluding diaryl/α,β-unsaturated/α-hetero) is 1. The predicted molar refractivity (Wildman–Crippen MR) is 96.4 cm³/mol. The fraction of sp³-hybridized carbons (Fsp3) is 0.682. The van der Waals surface area contributed by atoms with Gasteiger partial charge < -0.3 is 4.74 Å². The lowest BCUT2D eigenvalue weighted by Gasteiger charge is -2.48. The number of hydrogen-bond acceptors (Lipinski definition) is 2. The van der Waals surface area contributed by atoms with Gasteiger partial charge in [-0.15, -0.1) is 0 Å². The van der Waals surface area contributed by atoms with E-state index in [9.17, 15) is 4.79 Å². The summed E-state index contributed by atoms with van der Waals surface area (Å²) in [6.07, 6.45) is 6.57. The van der Waals surface area contributed by atoms with Crippen LogP contribution in [0.1, 0.15) is 76.8 Å². The van der Waals surface area contributed by atoms with Gasteiger partial charge in [0.1, 0.15) is 17.1 Å². The highest BCUT2D eigenvalue weighted by Gasteiger charge is 2.54. The fourth-order valence-electron chi connectivity index (χ4n) is 5.75. The predicted octanol–water partition coefficient (Wildman–Crippen LogP) is 5.29. The second-order valence-electron chi connectivity index (χ2n) is 9.41. The molecule has 130 valence electrons. The Morgan fingerprint density at radius 3 is 2.67 bits per heavy atom. The number of aryl methyl sites for hydroxylation is 1. The molecule has 0 heterocycles. The maximum Gasteiger partial charge on any atom is 0.139 e. The van der Waals surface area contributed by atoms with Gasteiger partial charge in [-0.2, -0.15) is 0 Å². The van der Waals surface area contributed by atoms with Gasteiger partial charge in [0, 0.05) is 11.8 Å². The minimum absolute atomic E-state index is 0.0199. The summed E-state index contributed by atoms with van der Waals surface area (Å²) in [5.41, 5.74) is 2.84. The highest BCUT2D eigenvalue weighted by atomic mass is 16.5. The van der Waals surface area contributed by atoms with Crippen LogP contribution in [0.4, 0.5) is 0 Å². The van der Waals surface area contributed by atoms with Crippen LogP contribution in [0, 0.1) is 17.3 Å². The van der Waals surface area contributed by atoms with Crippen LogP contribution in [0.15, 0.2) is 18.2 Å². The van der Waals surface area contributed by atoms with Crippen LogP contribution in [0.2, 0.25) is 0 Å². The molecule has 0 spiro atoms. The number of ether oxygens (including phenoxy) is 1. The first-order valence-corrected chi connectivity index (χ1v) is 9.63. The van der Waals surface area contributed by atoms with Crippen molar-refractivity contribution in [1.29, 1.82) is 0 Å². The standard InChI is InChI=1S/C22H30O2/c1-21(2,3)24-15-6-8-16-14(13-15)5-7-18-17(16)11-12-22(4)19(18)9-10-20(22)23/h6,8,13,17-19H,5,7,9-12H2,1-4H3. The fourth-order valence-corrected chi connectivity index (χ4v) is 5.75. The zero-order chi connectivity index (χ0) is 17.1. The highest BCUT2D eigenvalue weighted by Crippen LogP contribution is 2.59. The Balaban J connectivity index is 1.62. The average Bonchev–Trinajstić information content (AvgIpc) is 2.81. The van der Waals surface area contributed by atoms with E-state index in [1.54, 1.807) is 0 Å². The van der Waals surface area contributed by atoms with Gasteiger partial charge in [-0.05, 0) is 93.9 Å². The van der Waals surface area contributed by atoms with Crippen molar-refractivity contribution < 1.29 is 9.53 Å². The van der Waals surface area contributed by atoms with Crippen molar-refractivity contribution >= 4 is 5.78 Å². The molecule has 1 aromatic rings. The molecule has 24 heavy (non-hydrogen) atoms. The van der Waals surface area contributed by atoms with Crippen LogP contribution >= 0.6 is 0 Å². The first kappa shape index (κ1) is 16.2. The summed E-state index contributed by atoms with van der Waals surface area (Å²) in [5, 5.41) is 0. The average molecular weight is 326 g/mol. The minimum Gasteiger partial charge on any atom is -0.488 e. The van der Waals surface area contributed by atoms with E-state index in [0.717, 1.165) is 31.4 Å². The quantitative estimate of drug-likeness (QED) is 0.701. The number of carbonyl (C=O) groups excluding carboxylic acids is 1. The molecule has 2 nitrogen and oxygen atoms in total. The summed E-state index contributed by atoms with van der Waals surface area (Å²) in [6, 6.07) is 6.73. The van der Waals surface area contributed by atoms with Gasteiger partial charge in [0.2, 0.25) is 0 Å². The molecule has 1 aromatic carbocycles. The van der Waals surface area contributed by atoms with Gasteiger partial charge in [0.25, 0.3) is 0 Å². The molecule has 0 amide bonds. The molecule has 2 heteroatoms. The summed E-state index contributed by atoms with van der Waals surface area (Å²) in [7, 11) is 0. The molecular weight excluding hydrogens is 296 g/mol. The van der Waals surface area contributed by atoms with Gasteiger partial charge >= 0.3 is 0 Å². The monoisotopic (exact) mass is 326 g/mol. The Hall–Kier alpha value is -1.31. The Bertz CT molecular complexity index is 669. The molecule has 4 rings (SSSR count). The summed E-state index contributed by atoms with van der Waals surface area (Å²) in [6.45, 7) is 8.55. The van der Waals surface area contributed by atoms with Crippen molar-refractivity contribution in [2.45, 2.75) is 77.7 Å². The molecule has 0 aromatic heterocycles. The van der Waals surface area contributed by atoms with E-state index in [-0.39, 0.29) is 11.0 Å². The molecular formula is C22H30O2. The molecule has 3 aliphatic carbocycles. The molecule has 2 fully saturated rings. The number of ketones is 1. The Labute approximate surface area is 146 Å². The van der Waals surface area contributed by atoms with E-state index in [0.29, 0.717) is 23.5 Å². The molecule has 4 unspecified atom stereocenters. The summed E-state index contributed by atoms with van der Waals surface area (Å²) < 4.78 is 6.06. The number of fused-ring (bicyclic) bond motifs is 5. The van der Waals surface area contributed by atoms with Crippen molar-refractivity contribution in [2.75, 3.05) is 0 Å². The zero-order valence-corrected chi connectivity index (χ0v) is 15.5. The third kappa shape index (κ3) is 2.50. The summed E-state index contributed by atoms with van der Waals surface area (Å²) >= 11 is 0. The first-order chi connectivity index (χ1) is 11.3. The summed E-state index contributed by atoms with van der Waals surface area (Å²) in [5.74, 6) is 3.50. The van der Waals surface area contributed by atoms with E-state index in [2.05, 4.69) is 45.9 Å².